The van der Waals surface area contributed by atoms with Crippen LogP contribution in [0.3, 0.4) is 0 Å². The molecule has 3 aromatic heterocycles. The van der Waals surface area contributed by atoms with E-state index in [9.17, 15) is 26.7 Å². The maximum absolute atomic E-state index is 14.1. The molecule has 13 heteroatoms. The van der Waals surface area contributed by atoms with E-state index in [0.29, 0.717) is 22.8 Å². The van der Waals surface area contributed by atoms with Crippen LogP contribution in [0.2, 0.25) is 0 Å². The van der Waals surface area contributed by atoms with Crippen LogP contribution in [0.4, 0.5) is 27.6 Å². The molecule has 0 atom stereocenters. The summed E-state index contributed by atoms with van der Waals surface area (Å²) < 4.78 is 70.1. The number of rotatable bonds is 5. The number of carbonyl (C=O) groups excluding carboxylic acids is 1. The first-order valence-electron chi connectivity index (χ1n) is 10.2. The second-order valence-electron chi connectivity index (χ2n) is 7.95. The van der Waals surface area contributed by atoms with Crippen molar-refractivity contribution in [2.75, 3.05) is 5.32 Å². The van der Waals surface area contributed by atoms with Gasteiger partial charge in [-0.15, -0.1) is 0 Å². The Morgan fingerprint density at radius 2 is 1.77 bits per heavy atom. The Kier molecular flexibility index (Phi) is 6.16. The van der Waals surface area contributed by atoms with Crippen molar-refractivity contribution in [3.05, 3.63) is 74.9 Å². The highest BCUT2D eigenvalue weighted by Crippen LogP contribution is 2.43. The van der Waals surface area contributed by atoms with Crippen LogP contribution in [-0.2, 0) is 12.5 Å². The fraction of sp³-hybridized carbons (Fsp3) is 0.273. The molecule has 0 saturated heterocycles. The van der Waals surface area contributed by atoms with Crippen LogP contribution < -0.4 is 5.32 Å². The summed E-state index contributed by atoms with van der Waals surface area (Å²) in [6.07, 6.45) is -5.84. The lowest BCUT2D eigenvalue weighted by Crippen LogP contribution is -2.36. The molecule has 0 aliphatic carbocycles. The number of aromatic nitrogens is 5. The van der Waals surface area contributed by atoms with Crippen molar-refractivity contribution in [2.45, 2.75) is 39.4 Å². The van der Waals surface area contributed by atoms with Gasteiger partial charge < -0.3 is 5.32 Å². The second-order valence-corrected chi connectivity index (χ2v) is 8.74. The van der Waals surface area contributed by atoms with Gasteiger partial charge in [-0.25, -0.2) is 9.50 Å². The predicted octanol–water partition coefficient (Wildman–Crippen LogP) is 5.57. The van der Waals surface area contributed by atoms with Gasteiger partial charge in [-0.05, 0) is 60.5 Å². The Balaban J connectivity index is 1.62. The van der Waals surface area contributed by atoms with Crippen molar-refractivity contribution in [2.24, 2.45) is 0 Å². The van der Waals surface area contributed by atoms with E-state index >= 15 is 0 Å². The molecule has 7 nitrogen and oxygen atoms in total. The number of nitrogens with zero attached hydrogens (tertiary/aromatic N) is 5. The van der Waals surface area contributed by atoms with Crippen LogP contribution in [0.1, 0.15) is 38.8 Å². The van der Waals surface area contributed by atoms with Gasteiger partial charge in [0.05, 0.1) is 22.4 Å². The summed E-state index contributed by atoms with van der Waals surface area (Å²) >= 11 is 3.47. The van der Waals surface area contributed by atoms with Gasteiger partial charge in [0.15, 0.2) is 11.3 Å². The van der Waals surface area contributed by atoms with E-state index in [2.05, 4.69) is 36.4 Å². The zero-order valence-corrected chi connectivity index (χ0v) is 20.2. The Bertz CT molecular complexity index is 1440. The first kappa shape index (κ1) is 24.8. The van der Waals surface area contributed by atoms with E-state index in [-0.39, 0.29) is 17.0 Å². The van der Waals surface area contributed by atoms with Gasteiger partial charge in [-0.2, -0.15) is 32.1 Å². The number of nitrogens with one attached hydrogen (secondary N) is 1. The normalized spacial score (nSPS) is 12.4. The van der Waals surface area contributed by atoms with Gasteiger partial charge in [0, 0.05) is 17.4 Å². The Morgan fingerprint density at radius 3 is 2.40 bits per heavy atom. The molecule has 184 valence electrons. The molecule has 1 N–H and O–H groups in total. The van der Waals surface area contributed by atoms with Gasteiger partial charge in [-0.1, -0.05) is 12.1 Å². The number of carbonyl (C=O) groups is 1. The number of hydrogen-bond acceptors (Lipinski definition) is 4. The minimum Gasteiger partial charge on any atom is -0.321 e. The third kappa shape index (κ3) is 4.64. The average Bonchev–Trinajstić information content (AvgIpc) is 3.29. The summed E-state index contributed by atoms with van der Waals surface area (Å²) in [5, 5.41) is 10.7. The summed E-state index contributed by atoms with van der Waals surface area (Å²) in [7, 11) is 0. The average molecular weight is 557 g/mol. The van der Waals surface area contributed by atoms with Crippen molar-refractivity contribution in [3.63, 3.8) is 0 Å². The minimum absolute atomic E-state index is 0.0771. The molecular weight excluding hydrogens is 539 g/mol. The van der Waals surface area contributed by atoms with Crippen LogP contribution in [-0.4, -0.2) is 36.5 Å². The first-order valence-corrected chi connectivity index (χ1v) is 11.0. The molecule has 0 spiro atoms. The Hall–Kier alpha value is -3.35. The van der Waals surface area contributed by atoms with Gasteiger partial charge >= 0.3 is 12.1 Å². The number of fused-ring (bicyclic) bond motifs is 1. The number of halogens is 6. The van der Waals surface area contributed by atoms with Gasteiger partial charge in [0.25, 0.3) is 5.91 Å². The van der Waals surface area contributed by atoms with E-state index < -0.39 is 23.7 Å². The highest BCUT2D eigenvalue weighted by molar-refractivity contribution is 9.10. The fourth-order valence-corrected chi connectivity index (χ4v) is 3.81. The quantitative estimate of drug-likeness (QED) is 0.326. The monoisotopic (exact) mass is 556 g/mol. The molecular formula is C22H18BrF5N6O. The lowest BCUT2D eigenvalue weighted by atomic mass is 10.2. The zero-order chi connectivity index (χ0) is 25.7. The molecule has 0 fully saturated rings. The molecule has 35 heavy (non-hydrogen) atoms. The summed E-state index contributed by atoms with van der Waals surface area (Å²) in [4.78, 5) is 16.7. The number of anilines is 1. The van der Waals surface area contributed by atoms with Gasteiger partial charge in [0.2, 0.25) is 0 Å². The zero-order valence-electron chi connectivity index (χ0n) is 18.6. The van der Waals surface area contributed by atoms with E-state index in [4.69, 9.17) is 0 Å². The Labute approximate surface area is 204 Å². The fourth-order valence-electron chi connectivity index (χ4n) is 3.52. The molecule has 3 heterocycles. The molecule has 1 aromatic carbocycles. The van der Waals surface area contributed by atoms with Gasteiger partial charge in [-0.3, -0.25) is 9.48 Å². The van der Waals surface area contributed by atoms with Crippen LogP contribution >= 0.6 is 15.9 Å². The van der Waals surface area contributed by atoms with Crippen molar-refractivity contribution in [3.8, 4) is 0 Å². The van der Waals surface area contributed by atoms with Crippen LogP contribution in [0.25, 0.3) is 5.65 Å². The van der Waals surface area contributed by atoms with E-state index in [1.807, 2.05) is 19.9 Å². The number of hydrogen-bond donors (Lipinski definition) is 1. The van der Waals surface area contributed by atoms with Gasteiger partial charge in [0.1, 0.15) is 5.69 Å². The maximum Gasteiger partial charge on any atom is 0.459 e. The molecule has 0 saturated carbocycles. The van der Waals surface area contributed by atoms with Crippen LogP contribution in [0, 0.1) is 20.8 Å². The third-order valence-electron chi connectivity index (χ3n) is 5.28. The molecule has 0 aliphatic rings. The number of amides is 1. The van der Waals surface area contributed by atoms with Crippen molar-refractivity contribution in [1.82, 2.24) is 24.4 Å². The molecule has 0 bridgehead atoms. The summed E-state index contributed by atoms with van der Waals surface area (Å²) in [5.74, 6) is -5.98. The Morgan fingerprint density at radius 1 is 1.06 bits per heavy atom. The van der Waals surface area contributed by atoms with Crippen LogP contribution in [0.5, 0.6) is 0 Å². The largest absolute Gasteiger partial charge is 0.459 e. The predicted molar refractivity (Wildman–Crippen MR) is 121 cm³/mol. The van der Waals surface area contributed by atoms with Crippen molar-refractivity contribution in [1.29, 1.82) is 0 Å². The third-order valence-corrected chi connectivity index (χ3v) is 6.42. The molecule has 0 radical (unpaired) electrons. The SMILES string of the molecule is Cc1cc(C(F)(F)C(F)(F)F)n2nc(C(=O)Nc3cccc(Cn4nc(C)c(Br)c4C)c3)cc2n1. The summed E-state index contributed by atoms with van der Waals surface area (Å²) in [6, 6.07) is 8.50. The molecule has 0 aliphatic heterocycles. The van der Waals surface area contributed by atoms with E-state index in [1.165, 1.54) is 6.92 Å². The minimum atomic E-state index is -5.84. The molecule has 4 rings (SSSR count). The van der Waals surface area contributed by atoms with Crippen LogP contribution in [0.15, 0.2) is 40.9 Å². The molecule has 4 aromatic rings. The number of aryl methyl sites for hydroxylation is 2. The molecule has 0 unspecified atom stereocenters. The highest BCUT2D eigenvalue weighted by Gasteiger charge is 2.60. The number of benzene rings is 1. The second kappa shape index (κ2) is 8.70. The standard InChI is InChI=1S/C22H18BrF5N6O/c1-11-7-17(21(24,25)22(26,27)28)34-18(29-11)9-16(32-34)20(35)30-15-6-4-5-14(8-15)10-33-13(3)19(23)12(2)31-33/h4-9H,10H2,1-3H3,(H,30,35). The first-order chi connectivity index (χ1) is 16.3. The smallest absolute Gasteiger partial charge is 0.321 e. The van der Waals surface area contributed by atoms with E-state index in [1.54, 1.807) is 22.9 Å². The topological polar surface area (TPSA) is 77.1 Å². The van der Waals surface area contributed by atoms with E-state index in [0.717, 1.165) is 27.5 Å². The van der Waals surface area contributed by atoms with Crippen molar-refractivity contribution >= 4 is 33.2 Å². The molecule has 1 amide bonds. The number of alkyl halides is 5. The maximum atomic E-state index is 14.1. The highest BCUT2D eigenvalue weighted by atomic mass is 79.9. The van der Waals surface area contributed by atoms with Crippen molar-refractivity contribution < 1.29 is 26.7 Å². The summed E-state index contributed by atoms with van der Waals surface area (Å²) in [5.41, 5.74) is 0.786. The lowest BCUT2D eigenvalue weighted by molar-refractivity contribution is -0.291. The lowest BCUT2D eigenvalue weighted by Gasteiger charge is -2.20. The summed E-state index contributed by atoms with van der Waals surface area (Å²) in [6.45, 7) is 5.47.